The minimum absolute atomic E-state index is 0.508. The predicted molar refractivity (Wildman–Crippen MR) is 231 cm³/mol. The first-order valence-corrected chi connectivity index (χ1v) is 19.0. The molecule has 0 aliphatic rings. The molecule has 264 valence electrons. The van der Waals surface area contributed by atoms with Crippen LogP contribution in [0.15, 0.2) is 180 Å². The summed E-state index contributed by atoms with van der Waals surface area (Å²) in [4.78, 5) is 10.2. The Labute approximate surface area is 325 Å². The summed E-state index contributed by atoms with van der Waals surface area (Å²) in [5, 5.41) is 18.5. The number of nitrogens with zero attached hydrogens (tertiary/aromatic N) is 5. The van der Waals surface area contributed by atoms with Gasteiger partial charge >= 0.3 is 0 Å². The molecule has 0 atom stereocenters. The predicted octanol–water partition coefficient (Wildman–Crippen LogP) is 12.9. The molecule has 0 saturated carbocycles. The lowest BCUT2D eigenvalue weighted by Crippen LogP contribution is -2.02. The molecule has 8 aromatic carbocycles. The van der Waals surface area contributed by atoms with Gasteiger partial charge in [0.05, 0.1) is 49.9 Å². The zero-order valence-electron chi connectivity index (χ0n) is 30.4. The summed E-state index contributed by atoms with van der Waals surface area (Å²) < 4.78 is 11.5. The third-order valence-corrected chi connectivity index (χ3v) is 11.3. The van der Waals surface area contributed by atoms with Crippen molar-refractivity contribution in [3.05, 3.63) is 181 Å². The van der Waals surface area contributed by atoms with Crippen molar-refractivity contribution in [2.24, 2.45) is 0 Å². The normalized spacial score (nSPS) is 11.8. The fourth-order valence-electron chi connectivity index (χ4n) is 8.96. The molecule has 57 heavy (non-hydrogen) atoms. The molecule has 0 amide bonds. The van der Waals surface area contributed by atoms with Crippen molar-refractivity contribution in [3.63, 3.8) is 0 Å². The van der Waals surface area contributed by atoms with Crippen molar-refractivity contribution < 1.29 is 4.42 Å². The Morgan fingerprint density at radius 1 is 0.491 bits per heavy atom. The quantitative estimate of drug-likeness (QED) is 0.181. The first-order chi connectivity index (χ1) is 28.3. The summed E-state index contributed by atoms with van der Waals surface area (Å²) in [6.07, 6.45) is 0. The second kappa shape index (κ2) is 12.0. The Kier molecular flexibility index (Phi) is 6.60. The molecule has 0 spiro atoms. The van der Waals surface area contributed by atoms with E-state index in [0.29, 0.717) is 11.4 Å². The second-order valence-corrected chi connectivity index (χ2v) is 14.4. The van der Waals surface area contributed by atoms with Crippen molar-refractivity contribution in [2.75, 3.05) is 0 Å². The van der Waals surface area contributed by atoms with Gasteiger partial charge in [-0.05, 0) is 54.6 Å². The Morgan fingerprint density at radius 3 is 1.88 bits per heavy atom. The molecule has 0 bridgehead atoms. The highest BCUT2D eigenvalue weighted by molar-refractivity contribution is 6.39. The SMILES string of the molecule is N#Cc1cc(-c2nc(-c3ccccc3)c3ccccc3n2)ccc1-n1c2ccccc2c2c3oc4ccccc4c3c3c4ccccc4n(-c4ccccc4)c3c21. The smallest absolute Gasteiger partial charge is 0.160 e. The van der Waals surface area contributed by atoms with Gasteiger partial charge in [0, 0.05) is 49.1 Å². The van der Waals surface area contributed by atoms with Crippen LogP contribution in [0.1, 0.15) is 5.56 Å². The molecule has 0 fully saturated rings. The lowest BCUT2D eigenvalue weighted by Gasteiger charge is -2.15. The average molecular weight is 728 g/mol. The molecule has 0 aliphatic carbocycles. The molecule has 0 unspecified atom stereocenters. The second-order valence-electron chi connectivity index (χ2n) is 14.4. The van der Waals surface area contributed by atoms with Crippen LogP contribution in [-0.2, 0) is 0 Å². The molecule has 0 N–H and O–H groups in total. The van der Waals surface area contributed by atoms with Crippen molar-refractivity contribution in [1.29, 1.82) is 5.26 Å². The first-order valence-electron chi connectivity index (χ1n) is 19.0. The van der Waals surface area contributed by atoms with Crippen LogP contribution in [0.5, 0.6) is 0 Å². The van der Waals surface area contributed by atoms with Crippen LogP contribution in [0, 0.1) is 11.3 Å². The van der Waals surface area contributed by atoms with Crippen molar-refractivity contribution in [1.82, 2.24) is 19.1 Å². The number of para-hydroxylation sites is 5. The third-order valence-electron chi connectivity index (χ3n) is 11.3. The van der Waals surface area contributed by atoms with Crippen LogP contribution in [0.3, 0.4) is 0 Å². The number of furan rings is 1. The lowest BCUT2D eigenvalue weighted by atomic mass is 10.0. The van der Waals surface area contributed by atoms with E-state index in [-0.39, 0.29) is 0 Å². The van der Waals surface area contributed by atoms with Crippen LogP contribution in [0.2, 0.25) is 0 Å². The highest BCUT2D eigenvalue weighted by Gasteiger charge is 2.28. The minimum Gasteiger partial charge on any atom is -0.455 e. The fraction of sp³-hybridized carbons (Fsp3) is 0. The van der Waals surface area contributed by atoms with E-state index in [2.05, 4.69) is 124 Å². The maximum absolute atomic E-state index is 11.0. The van der Waals surface area contributed by atoms with Gasteiger partial charge in [0.15, 0.2) is 5.82 Å². The summed E-state index contributed by atoms with van der Waals surface area (Å²) in [6, 6.07) is 62.8. The Morgan fingerprint density at radius 2 is 1.11 bits per heavy atom. The minimum atomic E-state index is 0.508. The fourth-order valence-corrected chi connectivity index (χ4v) is 8.96. The van der Waals surface area contributed by atoms with Gasteiger partial charge in [-0.3, -0.25) is 0 Å². The van der Waals surface area contributed by atoms with Crippen LogP contribution >= 0.6 is 0 Å². The number of nitriles is 1. The van der Waals surface area contributed by atoms with Crippen LogP contribution in [-0.4, -0.2) is 19.1 Å². The van der Waals surface area contributed by atoms with Gasteiger partial charge in [-0.2, -0.15) is 5.26 Å². The Balaban J connectivity index is 1.23. The molecule has 0 aliphatic heterocycles. The molecule has 4 aromatic heterocycles. The van der Waals surface area contributed by atoms with Gasteiger partial charge in [0.1, 0.15) is 17.2 Å². The van der Waals surface area contributed by atoms with Crippen LogP contribution < -0.4 is 0 Å². The number of aromatic nitrogens is 4. The van der Waals surface area contributed by atoms with E-state index in [9.17, 15) is 5.26 Å². The maximum Gasteiger partial charge on any atom is 0.160 e. The number of hydrogen-bond acceptors (Lipinski definition) is 4. The van der Waals surface area contributed by atoms with E-state index in [1.165, 1.54) is 0 Å². The number of hydrogen-bond donors (Lipinski definition) is 0. The highest BCUT2D eigenvalue weighted by Crippen LogP contribution is 2.49. The summed E-state index contributed by atoms with van der Waals surface area (Å²) >= 11 is 0. The molecule has 12 rings (SSSR count). The van der Waals surface area contributed by atoms with Gasteiger partial charge < -0.3 is 13.6 Å². The van der Waals surface area contributed by atoms with Gasteiger partial charge in [0.2, 0.25) is 0 Å². The topological polar surface area (TPSA) is 72.6 Å². The summed E-state index contributed by atoms with van der Waals surface area (Å²) in [5.41, 5.74) is 11.5. The molecule has 0 radical (unpaired) electrons. The molecule has 4 heterocycles. The van der Waals surface area contributed by atoms with Crippen LogP contribution in [0.25, 0.3) is 110 Å². The average Bonchev–Trinajstić information content (AvgIpc) is 3.94. The standard InChI is InChI=1S/C51H29N5O/c52-30-33-29-32(51-53-39-23-11-7-19-35(39)47(54-51)31-15-3-1-4-16-31)27-28-40(33)56-42-25-13-9-21-37(42)46-49(56)48-44(45-38-22-10-14-26-43(38)57-50(45)46)36-20-8-12-24-41(36)55(48)34-17-5-2-6-18-34/h1-29H. The maximum atomic E-state index is 11.0. The highest BCUT2D eigenvalue weighted by atomic mass is 16.3. The summed E-state index contributed by atoms with van der Waals surface area (Å²) in [7, 11) is 0. The van der Waals surface area contributed by atoms with Crippen molar-refractivity contribution in [3.8, 4) is 40.1 Å². The van der Waals surface area contributed by atoms with E-state index in [1.807, 2.05) is 66.7 Å². The Hall–Kier alpha value is -8.01. The molecular formula is C51H29N5O. The summed E-state index contributed by atoms with van der Waals surface area (Å²) in [5.74, 6) is 0.563. The van der Waals surface area contributed by atoms with Crippen molar-refractivity contribution in [2.45, 2.75) is 0 Å². The van der Waals surface area contributed by atoms with E-state index in [4.69, 9.17) is 14.4 Å². The molecule has 6 heteroatoms. The Bertz CT molecular complexity index is 3640. The van der Waals surface area contributed by atoms with E-state index >= 15 is 0 Å². The van der Waals surface area contributed by atoms with E-state index in [0.717, 1.165) is 105 Å². The molecule has 12 aromatic rings. The summed E-state index contributed by atoms with van der Waals surface area (Å²) in [6.45, 7) is 0. The molecule has 0 saturated heterocycles. The molecular weight excluding hydrogens is 699 g/mol. The third kappa shape index (κ3) is 4.45. The van der Waals surface area contributed by atoms with Crippen LogP contribution in [0.4, 0.5) is 0 Å². The molecule has 6 nitrogen and oxygen atoms in total. The zero-order valence-corrected chi connectivity index (χ0v) is 30.4. The van der Waals surface area contributed by atoms with Gasteiger partial charge in [-0.25, -0.2) is 9.97 Å². The zero-order chi connectivity index (χ0) is 37.6. The van der Waals surface area contributed by atoms with E-state index in [1.54, 1.807) is 0 Å². The lowest BCUT2D eigenvalue weighted by molar-refractivity contribution is 0.673. The van der Waals surface area contributed by atoms with Gasteiger partial charge in [0.25, 0.3) is 0 Å². The number of fused-ring (bicyclic) bond motifs is 13. The number of benzene rings is 8. The van der Waals surface area contributed by atoms with Gasteiger partial charge in [-0.15, -0.1) is 0 Å². The monoisotopic (exact) mass is 727 g/mol. The van der Waals surface area contributed by atoms with Crippen molar-refractivity contribution >= 4 is 76.5 Å². The largest absolute Gasteiger partial charge is 0.455 e. The van der Waals surface area contributed by atoms with E-state index < -0.39 is 0 Å². The van der Waals surface area contributed by atoms with Gasteiger partial charge in [-0.1, -0.05) is 121 Å². The first kappa shape index (κ1) is 31.4. The number of rotatable bonds is 4.